The van der Waals surface area contributed by atoms with E-state index in [1.54, 1.807) is 19.2 Å². The van der Waals surface area contributed by atoms with E-state index in [9.17, 15) is 9.59 Å². The molecule has 1 fully saturated rings. The number of carbonyl (C=O) groups is 2. The Hall–Kier alpha value is -2.42. The van der Waals surface area contributed by atoms with Gasteiger partial charge in [0, 0.05) is 55.5 Å². The number of hydrogen-bond acceptors (Lipinski definition) is 5. The molecule has 3 heterocycles. The van der Waals surface area contributed by atoms with Crippen LogP contribution in [0.4, 0.5) is 0 Å². The van der Waals surface area contributed by atoms with Gasteiger partial charge in [-0.3, -0.25) is 19.2 Å². The van der Waals surface area contributed by atoms with Crippen molar-refractivity contribution in [2.24, 2.45) is 0 Å². The van der Waals surface area contributed by atoms with Crippen molar-refractivity contribution in [3.63, 3.8) is 0 Å². The number of methoxy groups -OCH3 is 1. The minimum atomic E-state index is -0.164. The minimum absolute atomic E-state index is 0.0357. The number of likely N-dealkylation sites (N-methyl/N-ethyl adjacent to an activating group) is 1. The zero-order chi connectivity index (χ0) is 24.1. The largest absolute Gasteiger partial charge is 0.383 e. The molecule has 1 aromatic heterocycles. The van der Waals surface area contributed by atoms with E-state index in [2.05, 4.69) is 22.2 Å². The average molecular weight is 488 g/mol. The van der Waals surface area contributed by atoms with Crippen LogP contribution in [0.3, 0.4) is 0 Å². The Labute approximate surface area is 206 Å². The molecule has 1 atom stereocenters. The second-order valence-corrected chi connectivity index (χ2v) is 9.43. The molecule has 9 heteroatoms. The van der Waals surface area contributed by atoms with Gasteiger partial charge in [-0.25, -0.2) is 0 Å². The molecule has 1 N–H and O–H groups in total. The summed E-state index contributed by atoms with van der Waals surface area (Å²) >= 11 is 5.97. The monoisotopic (exact) mass is 487 g/mol. The van der Waals surface area contributed by atoms with Crippen LogP contribution < -0.4 is 5.32 Å². The maximum absolute atomic E-state index is 13.2. The molecule has 2 aliphatic rings. The molecule has 0 saturated carbocycles. The summed E-state index contributed by atoms with van der Waals surface area (Å²) in [4.78, 5) is 30.5. The van der Waals surface area contributed by atoms with Crippen LogP contribution in [0.1, 0.15) is 47.1 Å². The third kappa shape index (κ3) is 5.62. The summed E-state index contributed by atoms with van der Waals surface area (Å²) in [5.41, 5.74) is 3.22. The molecule has 1 saturated heterocycles. The molecular weight excluding hydrogens is 454 g/mol. The van der Waals surface area contributed by atoms with E-state index in [4.69, 9.17) is 16.3 Å². The third-order valence-corrected chi connectivity index (χ3v) is 7.13. The summed E-state index contributed by atoms with van der Waals surface area (Å²) in [7, 11) is 1.65. The molecular formula is C25H34ClN5O3. The number of ether oxygens (including phenoxy) is 1. The van der Waals surface area contributed by atoms with Crippen molar-refractivity contribution in [3.8, 4) is 0 Å². The molecule has 0 bridgehead atoms. The van der Waals surface area contributed by atoms with E-state index in [1.807, 2.05) is 21.7 Å². The van der Waals surface area contributed by atoms with Crippen LogP contribution in [0.25, 0.3) is 0 Å². The number of hydrogen-bond donors (Lipinski definition) is 1. The highest BCUT2D eigenvalue weighted by atomic mass is 35.5. The van der Waals surface area contributed by atoms with Crippen molar-refractivity contribution in [3.05, 3.63) is 51.8 Å². The average Bonchev–Trinajstić information content (AvgIpc) is 3.46. The first kappa shape index (κ1) is 24.7. The maximum atomic E-state index is 13.2. The Balaban J connectivity index is 1.48. The first-order valence-corrected chi connectivity index (χ1v) is 12.5. The number of carbonyl (C=O) groups excluding carboxylic acids is 2. The van der Waals surface area contributed by atoms with E-state index in [-0.39, 0.29) is 11.8 Å². The lowest BCUT2D eigenvalue weighted by Crippen LogP contribution is -2.41. The highest BCUT2D eigenvalue weighted by Crippen LogP contribution is 2.24. The summed E-state index contributed by atoms with van der Waals surface area (Å²) in [6.07, 6.45) is 3.24. The Morgan fingerprint density at radius 2 is 2.03 bits per heavy atom. The number of rotatable bonds is 9. The Bertz CT molecular complexity index is 1010. The Morgan fingerprint density at radius 3 is 2.76 bits per heavy atom. The van der Waals surface area contributed by atoms with Gasteiger partial charge in [0.05, 0.1) is 19.6 Å². The molecule has 0 unspecified atom stereocenters. The second-order valence-electron chi connectivity index (χ2n) is 8.99. The van der Waals surface area contributed by atoms with Crippen molar-refractivity contribution in [1.29, 1.82) is 0 Å². The lowest BCUT2D eigenvalue weighted by Gasteiger charge is -2.28. The summed E-state index contributed by atoms with van der Waals surface area (Å²) in [5, 5.41) is 8.42. The van der Waals surface area contributed by atoms with Crippen molar-refractivity contribution < 1.29 is 14.3 Å². The van der Waals surface area contributed by atoms with E-state index >= 15 is 0 Å². The highest BCUT2D eigenvalue weighted by molar-refractivity contribution is 6.30. The molecule has 4 rings (SSSR count). The lowest BCUT2D eigenvalue weighted by molar-refractivity contribution is -0.131. The number of amides is 2. The number of nitrogens with one attached hydrogen (secondary N) is 1. The maximum Gasteiger partial charge on any atom is 0.272 e. The zero-order valence-electron chi connectivity index (χ0n) is 20.1. The molecule has 0 radical (unpaired) electrons. The van der Waals surface area contributed by atoms with Crippen LogP contribution in [0, 0.1) is 0 Å². The van der Waals surface area contributed by atoms with Crippen molar-refractivity contribution >= 4 is 23.4 Å². The van der Waals surface area contributed by atoms with Gasteiger partial charge in [0.1, 0.15) is 0 Å². The SMILES string of the molecule is CCN1CCC[C@@H]1CNC(=O)c1nn(CCOC)c2c1CN(C(=O)Cc1ccc(Cl)cc1)CC2. The standard InChI is InChI=1S/C25H34ClN5O3/c1-3-29-11-4-5-20(29)16-27-25(33)24-21-17-30(12-10-22(21)31(28-24)13-14-34-2)23(32)15-18-6-8-19(26)9-7-18/h6-9,20H,3-5,10-17H2,1-2H3,(H,27,33)/t20-/m1/s1. The van der Waals surface area contributed by atoms with Crippen molar-refractivity contribution in [2.75, 3.05) is 39.9 Å². The smallest absolute Gasteiger partial charge is 0.272 e. The molecule has 8 nitrogen and oxygen atoms in total. The number of benzene rings is 1. The summed E-state index contributed by atoms with van der Waals surface area (Å²) in [6, 6.07) is 7.72. The van der Waals surface area contributed by atoms with Gasteiger partial charge in [-0.2, -0.15) is 5.10 Å². The first-order valence-electron chi connectivity index (χ1n) is 12.1. The third-order valence-electron chi connectivity index (χ3n) is 6.88. The van der Waals surface area contributed by atoms with Crippen molar-refractivity contribution in [1.82, 2.24) is 24.9 Å². The molecule has 2 aromatic rings. The Morgan fingerprint density at radius 1 is 1.24 bits per heavy atom. The van der Waals surface area contributed by atoms with Gasteiger partial charge in [-0.15, -0.1) is 0 Å². The van der Waals surface area contributed by atoms with Crippen LogP contribution in [-0.2, 0) is 35.5 Å². The molecule has 0 aliphatic carbocycles. The number of aromatic nitrogens is 2. The van der Waals surface area contributed by atoms with Gasteiger partial charge in [0.2, 0.25) is 5.91 Å². The quantitative estimate of drug-likeness (QED) is 0.588. The van der Waals surface area contributed by atoms with E-state index in [0.717, 1.165) is 36.3 Å². The van der Waals surface area contributed by atoms with E-state index in [0.29, 0.717) is 62.4 Å². The number of likely N-dealkylation sites (tertiary alicyclic amines) is 1. The molecule has 34 heavy (non-hydrogen) atoms. The summed E-state index contributed by atoms with van der Waals surface area (Å²) in [6.45, 7) is 6.94. The van der Waals surface area contributed by atoms with Crippen LogP contribution >= 0.6 is 11.6 Å². The van der Waals surface area contributed by atoms with Gasteiger partial charge < -0.3 is 15.0 Å². The van der Waals surface area contributed by atoms with Crippen LogP contribution in [0.5, 0.6) is 0 Å². The fraction of sp³-hybridized carbons (Fsp3) is 0.560. The molecule has 1 aromatic carbocycles. The minimum Gasteiger partial charge on any atom is -0.383 e. The van der Waals surface area contributed by atoms with Gasteiger partial charge in [0.15, 0.2) is 5.69 Å². The molecule has 2 amide bonds. The van der Waals surface area contributed by atoms with Crippen LogP contribution in [0.15, 0.2) is 24.3 Å². The van der Waals surface area contributed by atoms with Gasteiger partial charge in [0.25, 0.3) is 5.91 Å². The van der Waals surface area contributed by atoms with Crippen LogP contribution in [-0.4, -0.2) is 77.3 Å². The molecule has 0 spiro atoms. The predicted molar refractivity (Wildman–Crippen MR) is 131 cm³/mol. The summed E-state index contributed by atoms with van der Waals surface area (Å²) in [5.74, 6) is -0.129. The highest BCUT2D eigenvalue weighted by Gasteiger charge is 2.31. The summed E-state index contributed by atoms with van der Waals surface area (Å²) < 4.78 is 7.12. The van der Waals surface area contributed by atoms with Gasteiger partial charge in [-0.1, -0.05) is 30.7 Å². The fourth-order valence-electron chi connectivity index (χ4n) is 4.97. The number of nitrogens with zero attached hydrogens (tertiary/aromatic N) is 4. The van der Waals surface area contributed by atoms with E-state index < -0.39 is 0 Å². The predicted octanol–water partition coefficient (Wildman–Crippen LogP) is 2.52. The topological polar surface area (TPSA) is 79.7 Å². The van der Waals surface area contributed by atoms with Gasteiger partial charge >= 0.3 is 0 Å². The van der Waals surface area contributed by atoms with E-state index in [1.165, 1.54) is 6.42 Å². The zero-order valence-corrected chi connectivity index (χ0v) is 20.8. The lowest BCUT2D eigenvalue weighted by atomic mass is 10.0. The second kappa shape index (κ2) is 11.3. The number of halogens is 1. The van der Waals surface area contributed by atoms with Crippen LogP contribution in [0.2, 0.25) is 5.02 Å². The van der Waals surface area contributed by atoms with Crippen molar-refractivity contribution in [2.45, 2.75) is 51.7 Å². The Kier molecular flexibility index (Phi) is 8.24. The first-order chi connectivity index (χ1) is 16.5. The normalized spacial score (nSPS) is 18.2. The number of fused-ring (bicyclic) bond motifs is 1. The fourth-order valence-corrected chi connectivity index (χ4v) is 5.10. The van der Waals surface area contributed by atoms with Gasteiger partial charge in [-0.05, 0) is 43.6 Å². The molecule has 184 valence electrons. The molecule has 2 aliphatic heterocycles.